The third-order valence-corrected chi connectivity index (χ3v) is 3.81. The highest BCUT2D eigenvalue weighted by Crippen LogP contribution is 2.17. The summed E-state index contributed by atoms with van der Waals surface area (Å²) < 4.78 is 11.4. The Hall–Kier alpha value is -2.67. The van der Waals surface area contributed by atoms with Crippen molar-refractivity contribution in [3.8, 4) is 5.75 Å². The lowest BCUT2D eigenvalue weighted by atomic mass is 10.1. The summed E-state index contributed by atoms with van der Waals surface area (Å²) in [7, 11) is 0. The molecule has 2 aromatic heterocycles. The molecule has 0 aliphatic carbocycles. The van der Waals surface area contributed by atoms with Gasteiger partial charge in [0.15, 0.2) is 0 Å². The molecule has 3 heterocycles. The lowest BCUT2D eigenvalue weighted by Gasteiger charge is -2.32. The smallest absolute Gasteiger partial charge is 0.270 e. The predicted molar refractivity (Wildman–Crippen MR) is 88.7 cm³/mol. The number of carbonyl (C=O) groups excluding carboxylic acids is 1. The summed E-state index contributed by atoms with van der Waals surface area (Å²) in [4.78, 5) is 20.6. The van der Waals surface area contributed by atoms with Gasteiger partial charge in [-0.25, -0.2) is 0 Å². The highest BCUT2D eigenvalue weighted by Gasteiger charge is 2.29. The number of aryl methyl sites for hydroxylation is 1. The fourth-order valence-corrected chi connectivity index (χ4v) is 2.51. The van der Waals surface area contributed by atoms with Crippen LogP contribution in [0.25, 0.3) is 0 Å². The third kappa shape index (κ3) is 3.99. The molecule has 0 spiro atoms. The van der Waals surface area contributed by atoms with Gasteiger partial charge in [0.2, 0.25) is 0 Å². The second kappa shape index (κ2) is 7.27. The normalized spacial score (nSPS) is 20.4. The summed E-state index contributed by atoms with van der Waals surface area (Å²) in [5.74, 6) is 0.377. The molecule has 1 saturated heterocycles. The van der Waals surface area contributed by atoms with Crippen molar-refractivity contribution in [2.45, 2.75) is 25.5 Å². The molecule has 3 rings (SSSR count). The predicted octanol–water partition coefficient (Wildman–Crippen LogP) is 1.33. The van der Waals surface area contributed by atoms with E-state index in [1.54, 1.807) is 18.3 Å². The third-order valence-electron chi connectivity index (χ3n) is 3.81. The molecule has 1 aliphatic rings. The number of pyridine rings is 2. The Morgan fingerprint density at radius 3 is 3.00 bits per heavy atom. The summed E-state index contributed by atoms with van der Waals surface area (Å²) in [5.41, 5.74) is 7.41. The van der Waals surface area contributed by atoms with Gasteiger partial charge in [-0.15, -0.1) is 0 Å². The highest BCUT2D eigenvalue weighted by molar-refractivity contribution is 5.93. The molecule has 1 amide bonds. The Labute approximate surface area is 140 Å². The number of carbonyl (C=O) groups is 1. The van der Waals surface area contributed by atoms with Crippen molar-refractivity contribution in [1.29, 1.82) is 0 Å². The second-order valence-electron chi connectivity index (χ2n) is 5.71. The SMILES string of the molecule is Cc1ccc(O[C@@H]2COCC[C@@H]2NC(=O)c2cc(N)ccn2)cn1. The molecule has 1 fully saturated rings. The van der Waals surface area contributed by atoms with Crippen molar-refractivity contribution in [3.05, 3.63) is 48.0 Å². The Morgan fingerprint density at radius 1 is 1.38 bits per heavy atom. The summed E-state index contributed by atoms with van der Waals surface area (Å²) in [5, 5.41) is 2.96. The Balaban J connectivity index is 1.67. The average molecular weight is 328 g/mol. The number of nitrogens with one attached hydrogen (secondary N) is 1. The van der Waals surface area contributed by atoms with E-state index in [1.165, 1.54) is 6.20 Å². The Morgan fingerprint density at radius 2 is 2.25 bits per heavy atom. The van der Waals surface area contributed by atoms with E-state index in [0.717, 1.165) is 5.69 Å². The maximum atomic E-state index is 12.4. The van der Waals surface area contributed by atoms with Crippen LogP contribution in [0.15, 0.2) is 36.7 Å². The molecule has 7 heteroatoms. The number of anilines is 1. The number of nitrogens with two attached hydrogens (primary N) is 1. The summed E-state index contributed by atoms with van der Waals surface area (Å²) in [6, 6.07) is 6.75. The van der Waals surface area contributed by atoms with E-state index in [1.807, 2.05) is 19.1 Å². The molecule has 0 unspecified atom stereocenters. The average Bonchev–Trinajstić information content (AvgIpc) is 2.58. The molecule has 7 nitrogen and oxygen atoms in total. The maximum absolute atomic E-state index is 12.4. The lowest BCUT2D eigenvalue weighted by molar-refractivity contribution is -0.0136. The summed E-state index contributed by atoms with van der Waals surface area (Å²) in [6.45, 7) is 2.89. The van der Waals surface area contributed by atoms with Crippen molar-refractivity contribution in [3.63, 3.8) is 0 Å². The van der Waals surface area contributed by atoms with Gasteiger partial charge in [0.25, 0.3) is 5.91 Å². The largest absolute Gasteiger partial charge is 0.484 e. The molecule has 1 aliphatic heterocycles. The molecule has 2 atom stereocenters. The fraction of sp³-hybridized carbons (Fsp3) is 0.353. The number of ether oxygens (including phenoxy) is 2. The number of amides is 1. The van der Waals surface area contributed by atoms with Crippen molar-refractivity contribution >= 4 is 11.6 Å². The van der Waals surface area contributed by atoms with Gasteiger partial charge in [-0.2, -0.15) is 0 Å². The summed E-state index contributed by atoms with van der Waals surface area (Å²) >= 11 is 0. The quantitative estimate of drug-likeness (QED) is 0.878. The zero-order valence-electron chi connectivity index (χ0n) is 13.4. The van der Waals surface area contributed by atoms with E-state index in [4.69, 9.17) is 15.2 Å². The van der Waals surface area contributed by atoms with Gasteiger partial charge in [0.1, 0.15) is 17.5 Å². The first-order valence-corrected chi connectivity index (χ1v) is 7.81. The topological polar surface area (TPSA) is 99.4 Å². The van der Waals surface area contributed by atoms with E-state index < -0.39 is 0 Å². The van der Waals surface area contributed by atoms with Crippen LogP contribution in [-0.2, 0) is 4.74 Å². The Bertz CT molecular complexity index is 705. The van der Waals surface area contributed by atoms with Crippen LogP contribution < -0.4 is 15.8 Å². The van der Waals surface area contributed by atoms with Crippen LogP contribution in [0, 0.1) is 6.92 Å². The van der Waals surface area contributed by atoms with Gasteiger partial charge in [0, 0.05) is 24.2 Å². The van der Waals surface area contributed by atoms with E-state index in [0.29, 0.717) is 31.1 Å². The van der Waals surface area contributed by atoms with Crippen LogP contribution in [0.2, 0.25) is 0 Å². The van der Waals surface area contributed by atoms with Crippen LogP contribution in [-0.4, -0.2) is 41.2 Å². The molecule has 3 N–H and O–H groups in total. The lowest BCUT2D eigenvalue weighted by Crippen LogP contribution is -2.51. The van der Waals surface area contributed by atoms with Gasteiger partial charge >= 0.3 is 0 Å². The minimum atomic E-state index is -0.284. The fourth-order valence-electron chi connectivity index (χ4n) is 2.51. The maximum Gasteiger partial charge on any atom is 0.270 e. The van der Waals surface area contributed by atoms with E-state index >= 15 is 0 Å². The van der Waals surface area contributed by atoms with Gasteiger partial charge < -0.3 is 20.5 Å². The number of hydrogen-bond donors (Lipinski definition) is 2. The molecular formula is C17H20N4O3. The standard InChI is InChI=1S/C17H20N4O3/c1-11-2-3-13(9-20-11)24-16-10-23-7-5-14(16)21-17(22)15-8-12(18)4-6-19-15/h2-4,6,8-9,14,16H,5,7,10H2,1H3,(H2,18,19)(H,21,22)/t14-,16+/m0/s1. The number of aromatic nitrogens is 2. The molecule has 0 radical (unpaired) electrons. The molecule has 0 aromatic carbocycles. The molecule has 0 saturated carbocycles. The van der Waals surface area contributed by atoms with Crippen molar-refractivity contribution in [2.75, 3.05) is 18.9 Å². The molecule has 126 valence electrons. The van der Waals surface area contributed by atoms with Crippen LogP contribution in [0.3, 0.4) is 0 Å². The van der Waals surface area contributed by atoms with Gasteiger partial charge in [-0.05, 0) is 37.6 Å². The minimum Gasteiger partial charge on any atom is -0.484 e. The minimum absolute atomic E-state index is 0.171. The van der Waals surface area contributed by atoms with E-state index in [2.05, 4.69) is 15.3 Å². The van der Waals surface area contributed by atoms with E-state index in [9.17, 15) is 4.79 Å². The first-order chi connectivity index (χ1) is 11.6. The number of nitrogen functional groups attached to an aromatic ring is 1. The van der Waals surface area contributed by atoms with Crippen LogP contribution >= 0.6 is 0 Å². The highest BCUT2D eigenvalue weighted by atomic mass is 16.5. The summed E-state index contributed by atoms with van der Waals surface area (Å²) in [6.07, 6.45) is 3.56. The number of rotatable bonds is 4. The van der Waals surface area contributed by atoms with Crippen molar-refractivity contribution in [2.24, 2.45) is 0 Å². The van der Waals surface area contributed by atoms with Crippen LogP contribution in [0.5, 0.6) is 5.75 Å². The van der Waals surface area contributed by atoms with Crippen molar-refractivity contribution in [1.82, 2.24) is 15.3 Å². The zero-order valence-corrected chi connectivity index (χ0v) is 13.4. The van der Waals surface area contributed by atoms with Gasteiger partial charge in [0.05, 0.1) is 18.8 Å². The van der Waals surface area contributed by atoms with Crippen molar-refractivity contribution < 1.29 is 14.3 Å². The Kier molecular flexibility index (Phi) is 4.90. The zero-order chi connectivity index (χ0) is 16.9. The molecule has 2 aromatic rings. The molecule has 0 bridgehead atoms. The molecular weight excluding hydrogens is 308 g/mol. The van der Waals surface area contributed by atoms with Gasteiger partial charge in [-0.3, -0.25) is 14.8 Å². The number of nitrogens with zero attached hydrogens (tertiary/aromatic N) is 2. The second-order valence-corrected chi connectivity index (χ2v) is 5.71. The number of hydrogen-bond acceptors (Lipinski definition) is 6. The first kappa shape index (κ1) is 16.2. The molecule has 24 heavy (non-hydrogen) atoms. The van der Waals surface area contributed by atoms with Crippen LogP contribution in [0.4, 0.5) is 5.69 Å². The first-order valence-electron chi connectivity index (χ1n) is 7.81. The van der Waals surface area contributed by atoms with Crippen LogP contribution in [0.1, 0.15) is 22.6 Å². The monoisotopic (exact) mass is 328 g/mol. The van der Waals surface area contributed by atoms with E-state index in [-0.39, 0.29) is 23.7 Å². The van der Waals surface area contributed by atoms with Gasteiger partial charge in [-0.1, -0.05) is 0 Å².